The number of carbonyl (C=O) groups is 2. The minimum Gasteiger partial charge on any atom is -0.383 e. The predicted octanol–water partition coefficient (Wildman–Crippen LogP) is 3.06. The van der Waals surface area contributed by atoms with Gasteiger partial charge in [0, 0.05) is 43.1 Å². The molecular weight excluding hydrogens is 316 g/mol. The summed E-state index contributed by atoms with van der Waals surface area (Å²) in [4.78, 5) is 25.3. The van der Waals surface area contributed by atoms with Crippen LogP contribution < -0.4 is 5.32 Å². The van der Waals surface area contributed by atoms with E-state index < -0.39 is 0 Å². The molecule has 2 rings (SSSR count). The standard InChI is InChI=1S/C20H32N2O3/c1-7-8-22-14(3)15(9-18(24)21-13(2)12-25-6)19-16(22)10-20(4,5)11-17(19)23/h13H,7-12H2,1-6H3,(H,21,24). The van der Waals surface area contributed by atoms with Crippen molar-refractivity contribution in [3.05, 3.63) is 22.5 Å². The fourth-order valence-corrected chi connectivity index (χ4v) is 3.93. The van der Waals surface area contributed by atoms with Gasteiger partial charge in [-0.3, -0.25) is 9.59 Å². The normalized spacial score (nSPS) is 17.3. The largest absolute Gasteiger partial charge is 0.383 e. The lowest BCUT2D eigenvalue weighted by Gasteiger charge is -2.30. The first-order chi connectivity index (χ1) is 11.7. The molecular formula is C20H32N2O3. The molecule has 1 unspecified atom stereocenters. The lowest BCUT2D eigenvalue weighted by atomic mass is 9.75. The fraction of sp³-hybridized carbons (Fsp3) is 0.700. The molecule has 0 fully saturated rings. The van der Waals surface area contributed by atoms with E-state index in [-0.39, 0.29) is 29.6 Å². The number of hydrogen-bond acceptors (Lipinski definition) is 3. The first-order valence-electron chi connectivity index (χ1n) is 9.22. The first kappa shape index (κ1) is 19.7. The van der Waals surface area contributed by atoms with Gasteiger partial charge in [0.1, 0.15) is 0 Å². The van der Waals surface area contributed by atoms with Crippen LogP contribution in [0.25, 0.3) is 0 Å². The average molecular weight is 348 g/mol. The quantitative estimate of drug-likeness (QED) is 0.824. The highest BCUT2D eigenvalue weighted by Crippen LogP contribution is 2.38. The number of nitrogens with one attached hydrogen (secondary N) is 1. The summed E-state index contributed by atoms with van der Waals surface area (Å²) in [5.41, 5.74) is 3.87. The highest BCUT2D eigenvalue weighted by atomic mass is 16.5. The summed E-state index contributed by atoms with van der Waals surface area (Å²) in [6.07, 6.45) is 2.69. The molecule has 1 N–H and O–H groups in total. The number of hydrogen-bond donors (Lipinski definition) is 1. The van der Waals surface area contributed by atoms with E-state index in [4.69, 9.17) is 4.74 Å². The molecule has 1 aliphatic carbocycles. The molecule has 5 heteroatoms. The number of aromatic nitrogens is 1. The fourth-order valence-electron chi connectivity index (χ4n) is 3.93. The lowest BCUT2D eigenvalue weighted by molar-refractivity contribution is -0.121. The van der Waals surface area contributed by atoms with E-state index >= 15 is 0 Å². The zero-order valence-corrected chi connectivity index (χ0v) is 16.5. The van der Waals surface area contributed by atoms with Crippen molar-refractivity contribution in [1.82, 2.24) is 9.88 Å². The SMILES string of the molecule is CCCn1c(C)c(CC(=O)NC(C)COC)c2c1CC(C)(C)CC2=O. The monoisotopic (exact) mass is 348 g/mol. The summed E-state index contributed by atoms with van der Waals surface area (Å²) >= 11 is 0. The van der Waals surface area contributed by atoms with Crippen LogP contribution in [-0.4, -0.2) is 36.0 Å². The minimum atomic E-state index is -0.0540. The molecule has 1 aromatic rings. The van der Waals surface area contributed by atoms with Crippen LogP contribution in [0.15, 0.2) is 0 Å². The summed E-state index contributed by atoms with van der Waals surface area (Å²) in [7, 11) is 1.62. The third-order valence-corrected chi connectivity index (χ3v) is 4.93. The summed E-state index contributed by atoms with van der Waals surface area (Å²) < 4.78 is 7.33. The van der Waals surface area contributed by atoms with Crippen LogP contribution in [-0.2, 0) is 28.9 Å². The van der Waals surface area contributed by atoms with Gasteiger partial charge < -0.3 is 14.6 Å². The average Bonchev–Trinajstić information content (AvgIpc) is 2.72. The number of ether oxygens (including phenoxy) is 1. The summed E-state index contributed by atoms with van der Waals surface area (Å²) in [6, 6.07) is -0.0407. The van der Waals surface area contributed by atoms with Crippen molar-refractivity contribution in [1.29, 1.82) is 0 Å². The Labute approximate surface area is 151 Å². The number of carbonyl (C=O) groups excluding carboxylic acids is 2. The number of ketones is 1. The van der Waals surface area contributed by atoms with Gasteiger partial charge in [-0.15, -0.1) is 0 Å². The zero-order chi connectivity index (χ0) is 18.8. The second-order valence-corrected chi connectivity index (χ2v) is 8.08. The van der Waals surface area contributed by atoms with E-state index in [2.05, 4.69) is 30.7 Å². The second-order valence-electron chi connectivity index (χ2n) is 8.08. The molecule has 0 bridgehead atoms. The number of nitrogens with zero attached hydrogens (tertiary/aromatic N) is 1. The number of Topliss-reactive ketones (excluding diaryl/α,β-unsaturated/α-hetero) is 1. The van der Waals surface area contributed by atoms with Gasteiger partial charge in [-0.05, 0) is 37.7 Å². The molecule has 1 amide bonds. The molecule has 1 heterocycles. The maximum Gasteiger partial charge on any atom is 0.224 e. The maximum absolute atomic E-state index is 12.8. The van der Waals surface area contributed by atoms with E-state index in [1.165, 1.54) is 0 Å². The molecule has 5 nitrogen and oxygen atoms in total. The van der Waals surface area contributed by atoms with Crippen LogP contribution in [0.4, 0.5) is 0 Å². The van der Waals surface area contributed by atoms with Crippen LogP contribution in [0.5, 0.6) is 0 Å². The number of rotatable bonds is 7. The Morgan fingerprint density at radius 2 is 2.04 bits per heavy atom. The predicted molar refractivity (Wildman–Crippen MR) is 99.1 cm³/mol. The van der Waals surface area contributed by atoms with E-state index in [9.17, 15) is 9.59 Å². The van der Waals surface area contributed by atoms with Gasteiger partial charge in [0.2, 0.25) is 5.91 Å². The first-order valence-corrected chi connectivity index (χ1v) is 9.22. The van der Waals surface area contributed by atoms with E-state index in [0.717, 1.165) is 41.9 Å². The van der Waals surface area contributed by atoms with Crippen LogP contribution in [0.2, 0.25) is 0 Å². The third kappa shape index (κ3) is 4.32. The molecule has 0 saturated carbocycles. The van der Waals surface area contributed by atoms with E-state index in [0.29, 0.717) is 13.0 Å². The van der Waals surface area contributed by atoms with Gasteiger partial charge in [0.15, 0.2) is 5.78 Å². The van der Waals surface area contributed by atoms with Gasteiger partial charge in [-0.25, -0.2) is 0 Å². The maximum atomic E-state index is 12.8. The minimum absolute atomic E-state index is 0.0210. The van der Waals surface area contributed by atoms with Crippen LogP contribution in [0.1, 0.15) is 67.8 Å². The second kappa shape index (κ2) is 7.73. The Hall–Kier alpha value is -1.62. The van der Waals surface area contributed by atoms with Crippen molar-refractivity contribution < 1.29 is 14.3 Å². The van der Waals surface area contributed by atoms with Crippen molar-refractivity contribution in [2.24, 2.45) is 5.41 Å². The third-order valence-electron chi connectivity index (χ3n) is 4.93. The molecule has 140 valence electrons. The highest BCUT2D eigenvalue weighted by Gasteiger charge is 2.36. The van der Waals surface area contributed by atoms with Gasteiger partial charge in [-0.1, -0.05) is 20.8 Å². The van der Waals surface area contributed by atoms with Crippen molar-refractivity contribution >= 4 is 11.7 Å². The zero-order valence-electron chi connectivity index (χ0n) is 16.5. The van der Waals surface area contributed by atoms with Crippen molar-refractivity contribution in [3.63, 3.8) is 0 Å². The van der Waals surface area contributed by atoms with E-state index in [1.807, 2.05) is 13.8 Å². The Balaban J connectivity index is 2.36. The molecule has 0 aromatic carbocycles. The van der Waals surface area contributed by atoms with Crippen LogP contribution in [0.3, 0.4) is 0 Å². The molecule has 0 radical (unpaired) electrons. The molecule has 25 heavy (non-hydrogen) atoms. The smallest absolute Gasteiger partial charge is 0.224 e. The molecule has 0 spiro atoms. The van der Waals surface area contributed by atoms with E-state index in [1.54, 1.807) is 7.11 Å². The summed E-state index contributed by atoms with van der Waals surface area (Å²) in [6.45, 7) is 11.7. The number of fused-ring (bicyclic) bond motifs is 1. The number of methoxy groups -OCH3 is 1. The van der Waals surface area contributed by atoms with Crippen LogP contribution >= 0.6 is 0 Å². The van der Waals surface area contributed by atoms with Gasteiger partial charge >= 0.3 is 0 Å². The summed E-state index contributed by atoms with van der Waals surface area (Å²) in [5, 5.41) is 2.95. The van der Waals surface area contributed by atoms with Gasteiger partial charge in [-0.2, -0.15) is 0 Å². The highest BCUT2D eigenvalue weighted by molar-refractivity contribution is 6.01. The Morgan fingerprint density at radius 1 is 1.36 bits per heavy atom. The topological polar surface area (TPSA) is 60.3 Å². The Bertz CT molecular complexity index is 658. The molecule has 0 aliphatic heterocycles. The number of amides is 1. The molecule has 1 aliphatic rings. The molecule has 1 atom stereocenters. The molecule has 1 aromatic heterocycles. The van der Waals surface area contributed by atoms with Crippen molar-refractivity contribution in [2.45, 2.75) is 72.9 Å². The Kier molecular flexibility index (Phi) is 6.09. The Morgan fingerprint density at radius 3 is 2.64 bits per heavy atom. The van der Waals surface area contributed by atoms with Gasteiger partial charge in [0.05, 0.1) is 13.0 Å². The van der Waals surface area contributed by atoms with Gasteiger partial charge in [0.25, 0.3) is 0 Å². The van der Waals surface area contributed by atoms with Crippen LogP contribution in [0, 0.1) is 12.3 Å². The summed E-state index contributed by atoms with van der Waals surface area (Å²) in [5.74, 6) is 0.124. The van der Waals surface area contributed by atoms with Crippen molar-refractivity contribution in [2.75, 3.05) is 13.7 Å². The lowest BCUT2D eigenvalue weighted by Crippen LogP contribution is -2.37. The van der Waals surface area contributed by atoms with Crippen molar-refractivity contribution in [3.8, 4) is 0 Å². The molecule has 0 saturated heterocycles.